The van der Waals surface area contributed by atoms with Crippen LogP contribution in [-0.2, 0) is 4.43 Å². The Labute approximate surface area is 102 Å². The summed E-state index contributed by atoms with van der Waals surface area (Å²) in [6.45, 7) is 11.1. The Bertz CT molecular complexity index is 146. The molecule has 0 radical (unpaired) electrons. The summed E-state index contributed by atoms with van der Waals surface area (Å²) in [7, 11) is 0.770. The first kappa shape index (κ1) is 14.1. The van der Waals surface area contributed by atoms with Crippen molar-refractivity contribution in [2.75, 3.05) is 0 Å². The van der Waals surface area contributed by atoms with Crippen LogP contribution < -0.4 is 0 Å². The van der Waals surface area contributed by atoms with Gasteiger partial charge >= 0.3 is 0 Å². The average molecular weight is 332 g/mol. The molecule has 0 aliphatic rings. The fourth-order valence-electron chi connectivity index (χ4n) is 1.87. The first-order chi connectivity index (χ1) is 5.60. The molecular weight excluding hydrogens is 312 g/mol. The van der Waals surface area contributed by atoms with Crippen molar-refractivity contribution in [3.8, 4) is 0 Å². The van der Waals surface area contributed by atoms with E-state index in [9.17, 15) is 0 Å². The maximum absolute atomic E-state index is 5.49. The zero-order chi connectivity index (χ0) is 10.9. The molecule has 0 aromatic rings. The summed E-state index contributed by atoms with van der Waals surface area (Å²) in [6, 6.07) is 0. The molecule has 80 valence electrons. The van der Waals surface area contributed by atoms with Gasteiger partial charge in [-0.15, -0.1) is 0 Å². The molecule has 0 aliphatic heterocycles. The molecule has 0 heterocycles. The molecule has 0 saturated heterocycles. The van der Waals surface area contributed by atoms with Crippen LogP contribution in [0.4, 0.5) is 0 Å². The zero-order valence-electron chi connectivity index (χ0n) is 9.32. The van der Waals surface area contributed by atoms with Crippen LogP contribution >= 0.6 is 31.9 Å². The van der Waals surface area contributed by atoms with Gasteiger partial charge in [-0.1, -0.05) is 52.6 Å². The molecule has 0 rings (SSSR count). The van der Waals surface area contributed by atoms with Gasteiger partial charge in [0.25, 0.3) is 0 Å². The molecule has 13 heavy (non-hydrogen) atoms. The first-order valence-corrected chi connectivity index (χ1v) is 6.99. The molecule has 1 nitrogen and oxygen atoms in total. The predicted molar refractivity (Wildman–Crippen MR) is 69.7 cm³/mol. The third kappa shape index (κ3) is 4.45. The highest BCUT2D eigenvalue weighted by Gasteiger charge is 2.40. The lowest BCUT2D eigenvalue weighted by atomic mass is 9.75. The van der Waals surface area contributed by atoms with Crippen molar-refractivity contribution in [3.05, 3.63) is 0 Å². The van der Waals surface area contributed by atoms with Crippen molar-refractivity contribution >= 4 is 42.3 Å². The van der Waals surface area contributed by atoms with E-state index in [0.717, 1.165) is 10.5 Å². The minimum Gasteiger partial charge on any atom is -0.415 e. The molecule has 2 atom stereocenters. The van der Waals surface area contributed by atoms with Crippen LogP contribution in [0, 0.1) is 11.3 Å². The van der Waals surface area contributed by atoms with Crippen molar-refractivity contribution in [2.24, 2.45) is 11.3 Å². The Kier molecular flexibility index (Phi) is 5.19. The monoisotopic (exact) mass is 330 g/mol. The average Bonchev–Trinajstić information content (AvgIpc) is 1.80. The molecule has 2 unspecified atom stereocenters. The molecule has 0 saturated carbocycles. The van der Waals surface area contributed by atoms with E-state index in [1.54, 1.807) is 0 Å². The van der Waals surface area contributed by atoms with Crippen LogP contribution in [0.15, 0.2) is 0 Å². The Morgan fingerprint density at radius 1 is 1.15 bits per heavy atom. The fourth-order valence-corrected chi connectivity index (χ4v) is 4.88. The summed E-state index contributed by atoms with van der Waals surface area (Å²) in [5.74, 6) is 0.442. The lowest BCUT2D eigenvalue weighted by Crippen LogP contribution is -2.42. The van der Waals surface area contributed by atoms with Crippen molar-refractivity contribution in [3.63, 3.8) is 0 Å². The lowest BCUT2D eigenvalue weighted by Gasteiger charge is -2.41. The zero-order valence-corrected chi connectivity index (χ0v) is 14.5. The number of halogens is 2. The van der Waals surface area contributed by atoms with Crippen molar-refractivity contribution in [2.45, 2.75) is 44.0 Å². The normalized spacial score (nSPS) is 18.7. The first-order valence-electron chi connectivity index (χ1n) is 4.46. The SMILES string of the molecule is CC(C)(C)C(C(Br)O[SiH3])C(C)(C)Br. The van der Waals surface area contributed by atoms with Gasteiger partial charge in [-0.2, -0.15) is 0 Å². The van der Waals surface area contributed by atoms with Crippen LogP contribution in [0.2, 0.25) is 0 Å². The molecule has 4 heteroatoms. The third-order valence-corrected chi connectivity index (χ3v) is 4.75. The maximum Gasteiger partial charge on any atom is 0.147 e. The Hall–Kier alpha value is 1.14. The van der Waals surface area contributed by atoms with Crippen molar-refractivity contribution in [1.29, 1.82) is 0 Å². The third-order valence-electron chi connectivity index (χ3n) is 2.16. The van der Waals surface area contributed by atoms with E-state index in [1.165, 1.54) is 0 Å². The summed E-state index contributed by atoms with van der Waals surface area (Å²) in [4.78, 5) is 0. The van der Waals surface area contributed by atoms with E-state index in [0.29, 0.717) is 5.92 Å². The van der Waals surface area contributed by atoms with E-state index < -0.39 is 0 Å². The predicted octanol–water partition coefficient (Wildman–Crippen LogP) is 2.84. The van der Waals surface area contributed by atoms with Crippen LogP contribution in [0.1, 0.15) is 34.6 Å². The molecule has 0 fully saturated rings. The van der Waals surface area contributed by atoms with Gasteiger partial charge in [0, 0.05) is 10.2 Å². The van der Waals surface area contributed by atoms with Gasteiger partial charge in [0.15, 0.2) is 0 Å². The molecule has 0 aromatic carbocycles. The van der Waals surface area contributed by atoms with Gasteiger partial charge in [0.05, 0.1) is 0 Å². The highest BCUT2D eigenvalue weighted by molar-refractivity contribution is 9.10. The minimum absolute atomic E-state index is 0.0871. The molecule has 0 spiro atoms. The fraction of sp³-hybridized carbons (Fsp3) is 1.00. The molecular formula is C9H20Br2OSi. The number of hydrogen-bond donors (Lipinski definition) is 0. The largest absolute Gasteiger partial charge is 0.415 e. The second-order valence-electron chi connectivity index (χ2n) is 4.99. The molecule has 0 aromatic heterocycles. The smallest absolute Gasteiger partial charge is 0.147 e. The van der Waals surface area contributed by atoms with Crippen LogP contribution in [0.3, 0.4) is 0 Å². The minimum atomic E-state index is 0.0871. The Balaban J connectivity index is 4.78. The highest BCUT2D eigenvalue weighted by Crippen LogP contribution is 2.44. The van der Waals surface area contributed by atoms with E-state index in [-0.39, 0.29) is 14.8 Å². The summed E-state index contributed by atoms with van der Waals surface area (Å²) in [6.07, 6.45) is 0. The van der Waals surface area contributed by atoms with Crippen molar-refractivity contribution < 1.29 is 4.43 Å². The van der Waals surface area contributed by atoms with E-state index in [1.807, 2.05) is 0 Å². The van der Waals surface area contributed by atoms with Crippen LogP contribution in [-0.4, -0.2) is 19.8 Å². The Morgan fingerprint density at radius 2 is 1.54 bits per heavy atom. The highest BCUT2D eigenvalue weighted by atomic mass is 79.9. The van der Waals surface area contributed by atoms with Gasteiger partial charge < -0.3 is 4.43 Å². The van der Waals surface area contributed by atoms with Crippen molar-refractivity contribution in [1.82, 2.24) is 0 Å². The number of alkyl halides is 2. The van der Waals surface area contributed by atoms with Crippen LogP contribution in [0.25, 0.3) is 0 Å². The van der Waals surface area contributed by atoms with Gasteiger partial charge in [0.2, 0.25) is 0 Å². The van der Waals surface area contributed by atoms with Gasteiger partial charge in [-0.05, 0) is 19.3 Å². The number of hydrogen-bond acceptors (Lipinski definition) is 1. The van der Waals surface area contributed by atoms with E-state index in [4.69, 9.17) is 4.43 Å². The molecule has 0 N–H and O–H groups in total. The Morgan fingerprint density at radius 3 is 1.62 bits per heavy atom. The maximum atomic E-state index is 5.49. The quantitative estimate of drug-likeness (QED) is 0.570. The summed E-state index contributed by atoms with van der Waals surface area (Å²) in [5, 5.41) is 0.147. The topological polar surface area (TPSA) is 9.23 Å². The summed E-state index contributed by atoms with van der Waals surface area (Å²) < 4.78 is 5.58. The molecule has 0 aliphatic carbocycles. The summed E-state index contributed by atoms with van der Waals surface area (Å²) >= 11 is 7.32. The number of rotatable bonds is 3. The van der Waals surface area contributed by atoms with Crippen LogP contribution in [0.5, 0.6) is 0 Å². The van der Waals surface area contributed by atoms with Gasteiger partial charge in [0.1, 0.15) is 15.5 Å². The van der Waals surface area contributed by atoms with Gasteiger partial charge in [-0.25, -0.2) is 0 Å². The lowest BCUT2D eigenvalue weighted by molar-refractivity contribution is 0.110. The summed E-state index contributed by atoms with van der Waals surface area (Å²) in [5.41, 5.74) is 0.228. The molecule has 0 amide bonds. The van der Waals surface area contributed by atoms with E-state index >= 15 is 0 Å². The molecule has 0 bridgehead atoms. The van der Waals surface area contributed by atoms with Gasteiger partial charge in [-0.3, -0.25) is 0 Å². The second-order valence-corrected chi connectivity index (χ2v) is 8.41. The van der Waals surface area contributed by atoms with E-state index in [2.05, 4.69) is 66.5 Å². The second kappa shape index (κ2) is 4.77. The standard InChI is InChI=1S/C9H20Br2OSi/c1-8(2,3)6(7(10)12-13)9(4,5)11/h6-7H,1-5,13H3.